The Kier molecular flexibility index (Phi) is 3.33. The number of carboxylic acids is 1. The molecule has 1 aliphatic heterocycles. The third kappa shape index (κ3) is 2.54. The second-order valence-electron chi connectivity index (χ2n) is 4.44. The molecule has 1 heterocycles. The topological polar surface area (TPSA) is 77.8 Å². The molecule has 0 spiro atoms. The van der Waals surface area contributed by atoms with E-state index in [4.69, 9.17) is 5.11 Å². The molecule has 1 aliphatic rings. The number of hydrogen-bond donors (Lipinski definition) is 2. The summed E-state index contributed by atoms with van der Waals surface area (Å²) in [6, 6.07) is 2.16. The predicted octanol–water partition coefficient (Wildman–Crippen LogP) is 1.85. The number of anilines is 1. The average Bonchev–Trinajstić information content (AvgIpc) is 2.70. The molecule has 2 rings (SSSR count). The van der Waals surface area contributed by atoms with Crippen LogP contribution >= 0.6 is 0 Å². The molecule has 1 fully saturated rings. The highest BCUT2D eigenvalue weighted by molar-refractivity contribution is 6.00. The molecular formula is C12H10F3NO4. The molecule has 1 aromatic rings. The SMILES string of the molecule is O=C(O)C1CC(=O)N(c2cc(C(F)(F)F)ccc2O)C1. The standard InChI is InChI=1S/C12H10F3NO4/c13-12(14,15)7-1-2-9(17)8(4-7)16-5-6(11(19)20)3-10(16)18/h1-2,4,6,17H,3,5H2,(H,19,20). The second kappa shape index (κ2) is 4.69. The quantitative estimate of drug-likeness (QED) is 0.871. The number of hydrogen-bond acceptors (Lipinski definition) is 3. The minimum atomic E-state index is -4.61. The number of rotatable bonds is 2. The summed E-state index contributed by atoms with van der Waals surface area (Å²) in [6.07, 6.45) is -4.91. The van der Waals surface area contributed by atoms with Crippen LogP contribution in [-0.2, 0) is 15.8 Å². The van der Waals surface area contributed by atoms with Crippen LogP contribution in [0.15, 0.2) is 18.2 Å². The van der Waals surface area contributed by atoms with Gasteiger partial charge in [0.2, 0.25) is 5.91 Å². The van der Waals surface area contributed by atoms with E-state index in [1.165, 1.54) is 0 Å². The van der Waals surface area contributed by atoms with Gasteiger partial charge in [0.25, 0.3) is 0 Å². The van der Waals surface area contributed by atoms with Crippen molar-refractivity contribution >= 4 is 17.6 Å². The number of alkyl halides is 3. The summed E-state index contributed by atoms with van der Waals surface area (Å²) in [4.78, 5) is 23.4. The number of carbonyl (C=O) groups is 2. The summed E-state index contributed by atoms with van der Waals surface area (Å²) in [5.74, 6) is -3.33. The molecular weight excluding hydrogens is 279 g/mol. The van der Waals surface area contributed by atoms with Gasteiger partial charge >= 0.3 is 12.1 Å². The summed E-state index contributed by atoms with van der Waals surface area (Å²) in [5.41, 5.74) is -1.34. The fraction of sp³-hybridized carbons (Fsp3) is 0.333. The first-order valence-electron chi connectivity index (χ1n) is 5.63. The molecule has 8 heteroatoms. The summed E-state index contributed by atoms with van der Waals surface area (Å²) < 4.78 is 37.8. The van der Waals surface area contributed by atoms with Crippen LogP contribution in [0.5, 0.6) is 5.75 Å². The first-order valence-corrected chi connectivity index (χ1v) is 5.63. The summed E-state index contributed by atoms with van der Waals surface area (Å²) in [6.45, 7) is -0.261. The van der Waals surface area contributed by atoms with Crippen molar-refractivity contribution < 1.29 is 33.0 Å². The third-order valence-electron chi connectivity index (χ3n) is 3.07. The Balaban J connectivity index is 2.38. The lowest BCUT2D eigenvalue weighted by atomic mass is 10.1. The monoisotopic (exact) mass is 289 g/mol. The molecule has 1 unspecified atom stereocenters. The second-order valence-corrected chi connectivity index (χ2v) is 4.44. The van der Waals surface area contributed by atoms with Crippen LogP contribution in [0.25, 0.3) is 0 Å². The highest BCUT2D eigenvalue weighted by Crippen LogP contribution is 2.38. The van der Waals surface area contributed by atoms with Gasteiger partial charge in [0, 0.05) is 13.0 Å². The van der Waals surface area contributed by atoms with Crippen molar-refractivity contribution in [2.45, 2.75) is 12.6 Å². The van der Waals surface area contributed by atoms with E-state index in [-0.39, 0.29) is 18.7 Å². The van der Waals surface area contributed by atoms with E-state index in [0.717, 1.165) is 11.0 Å². The van der Waals surface area contributed by atoms with Gasteiger partial charge in [0.1, 0.15) is 5.75 Å². The van der Waals surface area contributed by atoms with Crippen molar-refractivity contribution in [3.05, 3.63) is 23.8 Å². The van der Waals surface area contributed by atoms with Gasteiger partial charge in [-0.15, -0.1) is 0 Å². The van der Waals surface area contributed by atoms with Crippen molar-refractivity contribution in [3.63, 3.8) is 0 Å². The Morgan fingerprint density at radius 2 is 2.00 bits per heavy atom. The predicted molar refractivity (Wildman–Crippen MR) is 61.2 cm³/mol. The Morgan fingerprint density at radius 1 is 1.35 bits per heavy atom. The van der Waals surface area contributed by atoms with E-state index in [2.05, 4.69) is 0 Å². The van der Waals surface area contributed by atoms with Crippen molar-refractivity contribution in [1.29, 1.82) is 0 Å². The maximum Gasteiger partial charge on any atom is 0.416 e. The lowest BCUT2D eigenvalue weighted by Crippen LogP contribution is -2.26. The van der Waals surface area contributed by atoms with Crippen molar-refractivity contribution in [2.75, 3.05) is 11.4 Å². The maximum absolute atomic E-state index is 12.6. The van der Waals surface area contributed by atoms with Gasteiger partial charge < -0.3 is 15.1 Å². The van der Waals surface area contributed by atoms with Crippen molar-refractivity contribution in [2.24, 2.45) is 5.92 Å². The smallest absolute Gasteiger partial charge is 0.416 e. The number of halogens is 3. The zero-order chi connectivity index (χ0) is 15.1. The van der Waals surface area contributed by atoms with Crippen LogP contribution in [0.2, 0.25) is 0 Å². The van der Waals surface area contributed by atoms with Gasteiger partial charge in [-0.05, 0) is 18.2 Å². The van der Waals surface area contributed by atoms with Crippen LogP contribution in [-0.4, -0.2) is 28.6 Å². The van der Waals surface area contributed by atoms with Gasteiger partial charge in [0.15, 0.2) is 0 Å². The fourth-order valence-electron chi connectivity index (χ4n) is 2.02. The van der Waals surface area contributed by atoms with Gasteiger partial charge in [-0.1, -0.05) is 0 Å². The number of phenolic OH excluding ortho intramolecular Hbond substituents is 1. The van der Waals surface area contributed by atoms with E-state index < -0.39 is 35.3 Å². The number of aliphatic carboxylic acids is 1. The largest absolute Gasteiger partial charge is 0.506 e. The number of nitrogens with zero attached hydrogens (tertiary/aromatic N) is 1. The van der Waals surface area contributed by atoms with Gasteiger partial charge in [-0.3, -0.25) is 9.59 Å². The van der Waals surface area contributed by atoms with Crippen LogP contribution in [0, 0.1) is 5.92 Å². The lowest BCUT2D eigenvalue weighted by molar-refractivity contribution is -0.141. The minimum Gasteiger partial charge on any atom is -0.506 e. The molecule has 0 saturated carbocycles. The minimum absolute atomic E-state index is 0.261. The molecule has 2 N–H and O–H groups in total. The molecule has 20 heavy (non-hydrogen) atoms. The van der Waals surface area contributed by atoms with E-state index in [1.807, 2.05) is 0 Å². The Hall–Kier alpha value is -2.25. The molecule has 0 aromatic heterocycles. The fourth-order valence-corrected chi connectivity index (χ4v) is 2.02. The zero-order valence-electron chi connectivity index (χ0n) is 10.0. The van der Waals surface area contributed by atoms with Crippen LogP contribution in [0.1, 0.15) is 12.0 Å². The van der Waals surface area contributed by atoms with Crippen LogP contribution in [0.3, 0.4) is 0 Å². The molecule has 0 aliphatic carbocycles. The molecule has 0 radical (unpaired) electrons. The first kappa shape index (κ1) is 14.2. The molecule has 5 nitrogen and oxygen atoms in total. The molecule has 108 valence electrons. The summed E-state index contributed by atoms with van der Waals surface area (Å²) in [7, 11) is 0. The number of amides is 1. The Bertz CT molecular complexity index is 570. The van der Waals surface area contributed by atoms with Crippen molar-refractivity contribution in [3.8, 4) is 5.75 Å². The van der Waals surface area contributed by atoms with E-state index in [9.17, 15) is 27.9 Å². The molecule has 1 amide bonds. The summed E-state index contributed by atoms with van der Waals surface area (Å²) >= 11 is 0. The highest BCUT2D eigenvalue weighted by Gasteiger charge is 2.38. The number of carbonyl (C=O) groups excluding carboxylic acids is 1. The lowest BCUT2D eigenvalue weighted by Gasteiger charge is -2.19. The van der Waals surface area contributed by atoms with Crippen LogP contribution < -0.4 is 4.90 Å². The molecule has 0 bridgehead atoms. The highest BCUT2D eigenvalue weighted by atomic mass is 19.4. The van der Waals surface area contributed by atoms with E-state index in [0.29, 0.717) is 12.1 Å². The first-order chi connectivity index (χ1) is 9.20. The molecule has 1 atom stereocenters. The Morgan fingerprint density at radius 3 is 2.50 bits per heavy atom. The van der Waals surface area contributed by atoms with Gasteiger partial charge in [-0.2, -0.15) is 13.2 Å². The third-order valence-corrected chi connectivity index (χ3v) is 3.07. The maximum atomic E-state index is 12.6. The zero-order valence-corrected chi connectivity index (χ0v) is 10.0. The number of carboxylic acid groups (broad SMARTS) is 1. The van der Waals surface area contributed by atoms with Gasteiger partial charge in [-0.25, -0.2) is 0 Å². The molecule has 1 aromatic carbocycles. The molecule has 1 saturated heterocycles. The number of benzene rings is 1. The van der Waals surface area contributed by atoms with E-state index in [1.54, 1.807) is 0 Å². The number of phenols is 1. The van der Waals surface area contributed by atoms with Crippen LogP contribution in [0.4, 0.5) is 18.9 Å². The van der Waals surface area contributed by atoms with Crippen molar-refractivity contribution in [1.82, 2.24) is 0 Å². The normalized spacial score (nSPS) is 19.4. The number of aromatic hydroxyl groups is 1. The van der Waals surface area contributed by atoms with Gasteiger partial charge in [0.05, 0.1) is 17.2 Å². The summed E-state index contributed by atoms with van der Waals surface area (Å²) in [5, 5.41) is 18.4. The van der Waals surface area contributed by atoms with E-state index >= 15 is 0 Å². The Labute approximate surface area is 111 Å². The average molecular weight is 289 g/mol.